The van der Waals surface area contributed by atoms with Crippen LogP contribution in [0.1, 0.15) is 32.6 Å². The van der Waals surface area contributed by atoms with E-state index in [4.69, 9.17) is 4.74 Å². The lowest BCUT2D eigenvalue weighted by molar-refractivity contribution is 0.0605. The van der Waals surface area contributed by atoms with E-state index >= 15 is 0 Å². The maximum absolute atomic E-state index is 13.5. The first kappa shape index (κ1) is 23.1. The number of benzene rings is 2. The summed E-state index contributed by atoms with van der Waals surface area (Å²) >= 11 is 0.991. The Balaban J connectivity index is 1.92. The fourth-order valence-corrected chi connectivity index (χ4v) is 4.45. The summed E-state index contributed by atoms with van der Waals surface area (Å²) in [7, 11) is 1.28. The van der Waals surface area contributed by atoms with Crippen molar-refractivity contribution >= 4 is 28.3 Å². The smallest absolute Gasteiger partial charge is 0.350 e. The number of carbonyl (C=O) groups is 2. The number of amides is 1. The zero-order valence-electron chi connectivity index (χ0n) is 18.9. The van der Waals surface area contributed by atoms with Crippen molar-refractivity contribution < 1.29 is 14.3 Å². The molecule has 8 nitrogen and oxygen atoms in total. The largest absolute Gasteiger partial charge is 0.465 e. The summed E-state index contributed by atoms with van der Waals surface area (Å²) in [5, 5.41) is 7.49. The molecule has 0 radical (unpaired) electrons. The fraction of sp³-hybridized carbons (Fsp3) is 0.160. The molecule has 0 saturated heterocycles. The van der Waals surface area contributed by atoms with Gasteiger partial charge in [0, 0.05) is 17.7 Å². The number of hydrogen-bond acceptors (Lipinski definition) is 7. The Morgan fingerprint density at radius 3 is 2.24 bits per heavy atom. The molecule has 2 heterocycles. The van der Waals surface area contributed by atoms with Gasteiger partial charge in [0.15, 0.2) is 5.13 Å². The lowest BCUT2D eigenvalue weighted by Crippen LogP contribution is -2.32. The summed E-state index contributed by atoms with van der Waals surface area (Å²) in [6.07, 6.45) is 0. The molecule has 0 aliphatic rings. The third kappa shape index (κ3) is 4.38. The van der Waals surface area contributed by atoms with Crippen molar-refractivity contribution in [3.63, 3.8) is 0 Å². The van der Waals surface area contributed by atoms with Crippen LogP contribution in [0.4, 0.5) is 5.13 Å². The maximum atomic E-state index is 13.5. The van der Waals surface area contributed by atoms with Crippen LogP contribution in [-0.2, 0) is 11.3 Å². The van der Waals surface area contributed by atoms with Gasteiger partial charge in [0.2, 0.25) is 0 Å². The topological polar surface area (TPSA) is 103 Å². The summed E-state index contributed by atoms with van der Waals surface area (Å²) < 4.78 is 6.04. The highest BCUT2D eigenvalue weighted by atomic mass is 32.1. The number of aromatic nitrogens is 3. The Morgan fingerprint density at radius 2 is 1.65 bits per heavy atom. The van der Waals surface area contributed by atoms with E-state index in [9.17, 15) is 14.4 Å². The average Bonchev–Trinajstić information content (AvgIpc) is 3.23. The second-order valence-electron chi connectivity index (χ2n) is 7.33. The summed E-state index contributed by atoms with van der Waals surface area (Å²) in [4.78, 5) is 43.4. The van der Waals surface area contributed by atoms with Crippen LogP contribution in [0.2, 0.25) is 0 Å². The Hall–Kier alpha value is -4.11. The molecule has 0 fully saturated rings. The lowest BCUT2D eigenvalue weighted by Gasteiger charge is -2.16. The van der Waals surface area contributed by atoms with Crippen molar-refractivity contribution in [2.75, 3.05) is 12.4 Å². The second kappa shape index (κ2) is 9.80. The summed E-state index contributed by atoms with van der Waals surface area (Å²) in [6.45, 7) is 3.73. The van der Waals surface area contributed by atoms with Crippen molar-refractivity contribution in [2.24, 2.45) is 0 Å². The van der Waals surface area contributed by atoms with Crippen molar-refractivity contribution in [1.29, 1.82) is 0 Å². The molecule has 0 atom stereocenters. The summed E-state index contributed by atoms with van der Waals surface area (Å²) in [6, 6.07) is 18.6. The molecule has 0 bridgehead atoms. The van der Waals surface area contributed by atoms with E-state index in [0.717, 1.165) is 16.9 Å². The lowest BCUT2D eigenvalue weighted by atomic mass is 9.95. The van der Waals surface area contributed by atoms with Crippen LogP contribution >= 0.6 is 11.3 Å². The minimum Gasteiger partial charge on any atom is -0.465 e. The van der Waals surface area contributed by atoms with Crippen LogP contribution in [0, 0.1) is 6.92 Å². The SMILES string of the molecule is CCn1nc(-c2ccccc2)c(-c2ccccc2)c(C(=O)Nc2nc(C)c(C(=O)OC)s2)c1=O. The molecule has 172 valence electrons. The van der Waals surface area contributed by atoms with Gasteiger partial charge < -0.3 is 4.74 Å². The maximum Gasteiger partial charge on any atom is 0.350 e. The molecule has 2 aromatic carbocycles. The van der Waals surface area contributed by atoms with Gasteiger partial charge in [-0.3, -0.25) is 14.9 Å². The van der Waals surface area contributed by atoms with Gasteiger partial charge in [-0.25, -0.2) is 14.5 Å². The molecule has 4 rings (SSSR count). The van der Waals surface area contributed by atoms with E-state index in [2.05, 4.69) is 15.4 Å². The van der Waals surface area contributed by atoms with Crippen molar-refractivity contribution in [2.45, 2.75) is 20.4 Å². The number of aryl methyl sites for hydroxylation is 2. The van der Waals surface area contributed by atoms with E-state index in [0.29, 0.717) is 22.5 Å². The Bertz CT molecular complexity index is 1410. The molecule has 0 saturated carbocycles. The van der Waals surface area contributed by atoms with Gasteiger partial charge in [0.05, 0.1) is 18.5 Å². The zero-order chi connectivity index (χ0) is 24.2. The third-order valence-electron chi connectivity index (χ3n) is 5.18. The van der Waals surface area contributed by atoms with Crippen molar-refractivity contribution in [3.05, 3.63) is 87.2 Å². The number of esters is 1. The highest BCUT2D eigenvalue weighted by Crippen LogP contribution is 2.33. The summed E-state index contributed by atoms with van der Waals surface area (Å²) in [5.74, 6) is -1.17. The van der Waals surface area contributed by atoms with Crippen LogP contribution in [0.3, 0.4) is 0 Å². The highest BCUT2D eigenvalue weighted by molar-refractivity contribution is 7.17. The highest BCUT2D eigenvalue weighted by Gasteiger charge is 2.26. The minimum atomic E-state index is -0.629. The van der Waals surface area contributed by atoms with Crippen LogP contribution in [-0.4, -0.2) is 33.8 Å². The molecule has 9 heteroatoms. The first-order chi connectivity index (χ1) is 16.4. The third-order valence-corrected chi connectivity index (χ3v) is 6.23. The van der Waals surface area contributed by atoms with E-state index in [1.54, 1.807) is 13.8 Å². The van der Waals surface area contributed by atoms with E-state index in [1.165, 1.54) is 11.8 Å². The Morgan fingerprint density at radius 1 is 1.03 bits per heavy atom. The monoisotopic (exact) mass is 474 g/mol. The minimum absolute atomic E-state index is 0.0469. The first-order valence-corrected chi connectivity index (χ1v) is 11.4. The quantitative estimate of drug-likeness (QED) is 0.416. The number of ether oxygens (including phenoxy) is 1. The normalized spacial score (nSPS) is 10.7. The van der Waals surface area contributed by atoms with Crippen LogP contribution in [0.15, 0.2) is 65.5 Å². The first-order valence-electron chi connectivity index (χ1n) is 10.6. The van der Waals surface area contributed by atoms with Gasteiger partial charge in [0.25, 0.3) is 11.5 Å². The van der Waals surface area contributed by atoms with Gasteiger partial charge in [0.1, 0.15) is 10.4 Å². The summed E-state index contributed by atoms with van der Waals surface area (Å²) in [5.41, 5.74) is 2.28. The molecule has 0 aliphatic heterocycles. The molecule has 34 heavy (non-hydrogen) atoms. The van der Waals surface area contributed by atoms with Gasteiger partial charge in [-0.05, 0) is 19.4 Å². The fourth-order valence-electron chi connectivity index (χ4n) is 3.57. The van der Waals surface area contributed by atoms with Crippen LogP contribution in [0.25, 0.3) is 22.4 Å². The van der Waals surface area contributed by atoms with Crippen molar-refractivity contribution in [1.82, 2.24) is 14.8 Å². The van der Waals surface area contributed by atoms with Gasteiger partial charge in [-0.2, -0.15) is 5.10 Å². The molecule has 0 spiro atoms. The molecule has 1 amide bonds. The number of nitrogens with one attached hydrogen (secondary N) is 1. The van der Waals surface area contributed by atoms with Gasteiger partial charge >= 0.3 is 5.97 Å². The second-order valence-corrected chi connectivity index (χ2v) is 8.33. The number of anilines is 1. The molecule has 4 aromatic rings. The number of thiazole rings is 1. The predicted octanol–water partition coefficient (Wildman–Crippen LogP) is 4.40. The molecule has 0 aliphatic carbocycles. The van der Waals surface area contributed by atoms with Crippen LogP contribution < -0.4 is 10.9 Å². The zero-order valence-corrected chi connectivity index (χ0v) is 19.7. The molecular weight excluding hydrogens is 452 g/mol. The van der Waals surface area contributed by atoms with E-state index in [-0.39, 0.29) is 22.1 Å². The number of methoxy groups -OCH3 is 1. The van der Waals surface area contributed by atoms with Crippen molar-refractivity contribution in [3.8, 4) is 22.4 Å². The number of rotatable bonds is 6. The number of nitrogens with zero attached hydrogens (tertiary/aromatic N) is 3. The van der Waals surface area contributed by atoms with Gasteiger partial charge in [-0.15, -0.1) is 0 Å². The van der Waals surface area contributed by atoms with Gasteiger partial charge in [-0.1, -0.05) is 72.0 Å². The number of hydrogen-bond donors (Lipinski definition) is 1. The predicted molar refractivity (Wildman–Crippen MR) is 131 cm³/mol. The Labute approximate surface area is 199 Å². The molecule has 0 unspecified atom stereocenters. The molecule has 1 N–H and O–H groups in total. The van der Waals surface area contributed by atoms with E-state index < -0.39 is 17.4 Å². The number of carbonyl (C=O) groups excluding carboxylic acids is 2. The van der Waals surface area contributed by atoms with E-state index in [1.807, 2.05) is 60.7 Å². The molecular formula is C25H22N4O4S. The van der Waals surface area contributed by atoms with Crippen LogP contribution in [0.5, 0.6) is 0 Å². The molecule has 2 aromatic heterocycles. The standard InChI is InChI=1S/C25H22N4O4S/c1-4-29-23(31)19(22(30)27-25-26-15(2)21(34-25)24(32)33-3)18(16-11-7-5-8-12-16)20(28-29)17-13-9-6-10-14-17/h5-14H,4H2,1-3H3,(H,26,27,30). The average molecular weight is 475 g/mol. The Kier molecular flexibility index (Phi) is 6.65.